The number of aliphatic hydroxyl groups excluding tert-OH is 1. The van der Waals surface area contributed by atoms with Gasteiger partial charge in [-0.3, -0.25) is 24.0 Å². The van der Waals surface area contributed by atoms with Crippen LogP contribution in [0.3, 0.4) is 0 Å². The molecular weight excluding hydrogens is 865 g/mol. The maximum absolute atomic E-state index is 14.1. The van der Waals surface area contributed by atoms with Crippen LogP contribution >= 0.6 is 11.3 Å². The molecule has 1 aliphatic carbocycles. The maximum Gasteiger partial charge on any atom is 0.246 e. The van der Waals surface area contributed by atoms with Crippen molar-refractivity contribution in [3.05, 3.63) is 105 Å². The van der Waals surface area contributed by atoms with Crippen LogP contribution in [-0.2, 0) is 37.6 Å². The summed E-state index contributed by atoms with van der Waals surface area (Å²) < 4.78 is 0. The van der Waals surface area contributed by atoms with Crippen LogP contribution in [0, 0.1) is 23.7 Å². The average Bonchev–Trinajstić information content (AvgIpc) is 4.05. The third kappa shape index (κ3) is 9.34. The lowest BCUT2D eigenvalue weighted by Crippen LogP contribution is -2.57. The fourth-order valence-electron chi connectivity index (χ4n) is 9.93. The van der Waals surface area contributed by atoms with Gasteiger partial charge in [0.15, 0.2) is 5.78 Å². The molecule has 67 heavy (non-hydrogen) atoms. The van der Waals surface area contributed by atoms with E-state index in [0.717, 1.165) is 61.5 Å². The minimum atomic E-state index is -0.963. The standard InChI is InChI=1S/C52H60N8O6S/c1-8-33-23-37-38(52(6,7)47-44(45(37)64)36-17-14-32(26-53)22-39(36)56-47)25-40(33)58-18-20-59(21-19-58)43(63)11-9-10-42(62)57-48(51(3,4)5)50(66)60-28-35(61)24-41(60)49(65)54-27-31-12-15-34(16-13-31)46-30(2)55-29-67-46/h12-17,22-23,25,29,35,41,48,56,61H,8-11,18-21,24,27-28H2,1-7H3,(H,54,65)(H,57,62)/t35-,41+,48-/m1/s1. The lowest BCUT2D eigenvalue weighted by Gasteiger charge is -2.39. The first-order valence-corrected chi connectivity index (χ1v) is 24.1. The highest BCUT2D eigenvalue weighted by Gasteiger charge is 2.45. The second kappa shape index (κ2) is 18.7. The fraction of sp³-hybridized carbons (Fsp3) is 0.442. The summed E-state index contributed by atoms with van der Waals surface area (Å²) in [4.78, 5) is 83.1. The Bertz CT molecular complexity index is 2790. The number of nitriles is 1. The van der Waals surface area contributed by atoms with Crippen molar-refractivity contribution < 1.29 is 29.1 Å². The van der Waals surface area contributed by atoms with Crippen molar-refractivity contribution in [1.29, 1.82) is 5.26 Å². The van der Waals surface area contributed by atoms with E-state index in [1.807, 2.05) is 74.5 Å². The highest BCUT2D eigenvalue weighted by atomic mass is 32.1. The van der Waals surface area contributed by atoms with Crippen molar-refractivity contribution in [3.63, 3.8) is 0 Å². The van der Waals surface area contributed by atoms with Crippen LogP contribution in [0.5, 0.6) is 0 Å². The number of nitrogens with zero attached hydrogens (tertiary/aromatic N) is 5. The Morgan fingerprint density at radius 3 is 2.42 bits per heavy atom. The van der Waals surface area contributed by atoms with Crippen LogP contribution in [0.2, 0.25) is 0 Å². The lowest BCUT2D eigenvalue weighted by atomic mass is 9.70. The molecule has 3 aliphatic rings. The van der Waals surface area contributed by atoms with E-state index in [0.29, 0.717) is 49.3 Å². The number of piperazine rings is 1. The number of ketones is 1. The number of amides is 4. The number of carbonyl (C=O) groups excluding carboxylic acids is 5. The van der Waals surface area contributed by atoms with E-state index in [-0.39, 0.29) is 55.9 Å². The largest absolute Gasteiger partial charge is 0.391 e. The first kappa shape index (κ1) is 47.1. The first-order valence-electron chi connectivity index (χ1n) is 23.3. The highest BCUT2D eigenvalue weighted by molar-refractivity contribution is 7.13. The predicted molar refractivity (Wildman–Crippen MR) is 259 cm³/mol. The van der Waals surface area contributed by atoms with Gasteiger partial charge < -0.3 is 35.4 Å². The van der Waals surface area contributed by atoms with Crippen molar-refractivity contribution in [2.24, 2.45) is 5.41 Å². The van der Waals surface area contributed by atoms with Gasteiger partial charge in [0.2, 0.25) is 23.6 Å². The van der Waals surface area contributed by atoms with Crippen LogP contribution < -0.4 is 15.5 Å². The second-order valence-electron chi connectivity index (χ2n) is 19.7. The van der Waals surface area contributed by atoms with Gasteiger partial charge in [0.25, 0.3) is 0 Å². The molecule has 2 saturated heterocycles. The van der Waals surface area contributed by atoms with Gasteiger partial charge in [0.05, 0.1) is 39.4 Å². The van der Waals surface area contributed by atoms with Crippen LogP contribution in [0.15, 0.2) is 60.1 Å². The topological polar surface area (TPSA) is 192 Å². The zero-order valence-electron chi connectivity index (χ0n) is 39.4. The molecule has 15 heteroatoms. The number of thiazole rings is 1. The number of anilines is 1. The zero-order chi connectivity index (χ0) is 47.9. The number of hydrogen-bond donors (Lipinski definition) is 4. The van der Waals surface area contributed by atoms with Crippen molar-refractivity contribution in [2.75, 3.05) is 37.6 Å². The summed E-state index contributed by atoms with van der Waals surface area (Å²) in [6.45, 7) is 16.3. The molecule has 3 aromatic carbocycles. The zero-order valence-corrected chi connectivity index (χ0v) is 40.2. The van der Waals surface area contributed by atoms with Crippen LogP contribution in [0.25, 0.3) is 21.3 Å². The van der Waals surface area contributed by atoms with Gasteiger partial charge >= 0.3 is 0 Å². The van der Waals surface area contributed by atoms with Gasteiger partial charge in [0.1, 0.15) is 12.1 Å². The van der Waals surface area contributed by atoms with Gasteiger partial charge in [-0.25, -0.2) is 4.98 Å². The van der Waals surface area contributed by atoms with Crippen molar-refractivity contribution in [2.45, 2.75) is 111 Å². The molecule has 2 aliphatic heterocycles. The summed E-state index contributed by atoms with van der Waals surface area (Å²) >= 11 is 1.57. The number of hydrogen-bond acceptors (Lipinski definition) is 10. The average molecular weight is 925 g/mol. The first-order chi connectivity index (χ1) is 31.9. The highest BCUT2D eigenvalue weighted by Crippen LogP contribution is 2.46. The molecule has 0 spiro atoms. The third-order valence-corrected chi connectivity index (χ3v) is 14.8. The molecule has 2 aromatic heterocycles. The number of β-amino-alcohol motifs (C(OH)–C–C–N with tert-alkyl or cyclic N) is 1. The summed E-state index contributed by atoms with van der Waals surface area (Å²) in [5.41, 5.74) is 10.0. The minimum Gasteiger partial charge on any atom is -0.391 e. The molecule has 0 radical (unpaired) electrons. The summed E-state index contributed by atoms with van der Waals surface area (Å²) in [6.07, 6.45) is 0.454. The van der Waals surface area contributed by atoms with Crippen LogP contribution in [0.1, 0.15) is 117 Å². The summed E-state index contributed by atoms with van der Waals surface area (Å²) in [5.74, 6) is -1.24. The Morgan fingerprint density at radius 1 is 1.03 bits per heavy atom. The SMILES string of the molecule is CCc1cc2c(cc1N1CCN(C(=O)CCCC(=O)N[C@H](C(=O)N3C[C@H](O)C[C@H]3C(=O)NCc3ccc(-c4scnc4C)cc3)C(C)(C)C)CC1)C(C)(C)c1[nH]c3cc(C#N)ccc3c1C2=O. The number of H-pyrrole nitrogens is 1. The normalized spacial score (nSPS) is 18.3. The number of fused-ring (bicyclic) bond motifs is 4. The van der Waals surface area contributed by atoms with Crippen LogP contribution in [0.4, 0.5) is 5.69 Å². The van der Waals surface area contributed by atoms with Gasteiger partial charge in [-0.15, -0.1) is 11.3 Å². The molecule has 5 aromatic rings. The van der Waals surface area contributed by atoms with Crippen molar-refractivity contribution >= 4 is 57.3 Å². The Hall–Kier alpha value is -6.37. The summed E-state index contributed by atoms with van der Waals surface area (Å²) in [5, 5.41) is 26.8. The molecule has 4 heterocycles. The Balaban J connectivity index is 0.842. The van der Waals surface area contributed by atoms with E-state index >= 15 is 0 Å². The van der Waals surface area contributed by atoms with Gasteiger partial charge in [0, 0.05) is 91.8 Å². The van der Waals surface area contributed by atoms with Gasteiger partial charge in [-0.05, 0) is 71.7 Å². The molecule has 2 fully saturated rings. The summed E-state index contributed by atoms with van der Waals surface area (Å²) in [6, 6.07) is 17.8. The minimum absolute atomic E-state index is 0.0224. The lowest BCUT2D eigenvalue weighted by molar-refractivity contribution is -0.144. The Labute approximate surface area is 395 Å². The molecule has 4 N–H and O–H groups in total. The Morgan fingerprint density at radius 2 is 1.76 bits per heavy atom. The Kier molecular flexibility index (Phi) is 13.2. The second-order valence-corrected chi connectivity index (χ2v) is 20.6. The number of aromatic amines is 1. The molecule has 0 saturated carbocycles. The van der Waals surface area contributed by atoms with Crippen molar-refractivity contribution in [3.8, 4) is 16.5 Å². The van der Waals surface area contributed by atoms with E-state index in [9.17, 15) is 34.3 Å². The van der Waals surface area contributed by atoms with E-state index < -0.39 is 34.9 Å². The fourth-order valence-corrected chi connectivity index (χ4v) is 10.7. The molecule has 350 valence electrons. The number of aromatic nitrogens is 2. The molecule has 14 nitrogen and oxygen atoms in total. The quantitative estimate of drug-likeness (QED) is 0.108. The van der Waals surface area contributed by atoms with E-state index in [4.69, 9.17) is 0 Å². The molecular formula is C52H60N8O6S. The molecule has 3 atom stereocenters. The van der Waals surface area contributed by atoms with Crippen LogP contribution in [-0.4, -0.2) is 105 Å². The number of rotatable bonds is 12. The van der Waals surface area contributed by atoms with Gasteiger partial charge in [-0.1, -0.05) is 71.9 Å². The van der Waals surface area contributed by atoms with E-state index in [1.54, 1.807) is 23.5 Å². The number of benzene rings is 3. The van der Waals surface area contributed by atoms with Crippen molar-refractivity contribution in [1.82, 2.24) is 30.4 Å². The predicted octanol–water partition coefficient (Wildman–Crippen LogP) is 6.53. The molecule has 8 rings (SSSR count). The number of aryl methyl sites for hydroxylation is 2. The third-order valence-electron chi connectivity index (χ3n) is 13.8. The van der Waals surface area contributed by atoms with Gasteiger partial charge in [-0.2, -0.15) is 5.26 Å². The molecule has 0 bridgehead atoms. The van der Waals surface area contributed by atoms with E-state index in [2.05, 4.69) is 58.4 Å². The number of aliphatic hydroxyl groups is 1. The smallest absolute Gasteiger partial charge is 0.246 e. The number of likely N-dealkylation sites (tertiary alicyclic amines) is 1. The number of nitrogens with one attached hydrogen (secondary N) is 3. The monoisotopic (exact) mass is 924 g/mol. The molecule has 4 amide bonds. The molecule has 0 unspecified atom stereocenters. The number of carbonyl (C=O) groups is 5. The maximum atomic E-state index is 14.1. The van der Waals surface area contributed by atoms with E-state index in [1.165, 1.54) is 4.90 Å². The summed E-state index contributed by atoms with van der Waals surface area (Å²) in [7, 11) is 0.